The second kappa shape index (κ2) is 5.52. The number of aromatic nitrogens is 4. The number of phenols is 1. The molecule has 0 aliphatic heterocycles. The van der Waals surface area contributed by atoms with Crippen LogP contribution in [-0.2, 0) is 30.6 Å². The number of amides is 1. The average molecular weight is 323 g/mol. The third kappa shape index (κ3) is 2.44. The fourth-order valence-corrected chi connectivity index (χ4v) is 3.32. The molecule has 1 aliphatic carbocycles. The van der Waals surface area contributed by atoms with E-state index in [1.807, 2.05) is 10.7 Å². The van der Waals surface area contributed by atoms with E-state index in [1.54, 1.807) is 24.4 Å². The number of aromatic amines is 1. The number of nitrogens with one attached hydrogen (secondary N) is 1. The van der Waals surface area contributed by atoms with E-state index in [9.17, 15) is 9.90 Å². The Bertz CT molecular complexity index is 925. The van der Waals surface area contributed by atoms with Gasteiger partial charge in [0.25, 0.3) is 0 Å². The van der Waals surface area contributed by atoms with Crippen LogP contribution in [0.4, 0.5) is 0 Å². The largest absolute Gasteiger partial charge is 0.508 e. The molecule has 122 valence electrons. The van der Waals surface area contributed by atoms with Crippen molar-refractivity contribution in [1.29, 1.82) is 0 Å². The number of H-pyrrole nitrogens is 1. The highest BCUT2D eigenvalue weighted by Crippen LogP contribution is 2.35. The van der Waals surface area contributed by atoms with Crippen LogP contribution in [0, 0.1) is 0 Å². The number of aryl methyl sites for hydroxylation is 1. The van der Waals surface area contributed by atoms with Gasteiger partial charge in [-0.05, 0) is 30.5 Å². The molecule has 0 radical (unpaired) electrons. The first-order chi connectivity index (χ1) is 11.6. The van der Waals surface area contributed by atoms with Crippen LogP contribution in [0.2, 0.25) is 0 Å². The number of nitrogens with zero attached hydrogens (tertiary/aromatic N) is 3. The Labute approximate surface area is 138 Å². The maximum absolute atomic E-state index is 11.4. The summed E-state index contributed by atoms with van der Waals surface area (Å²) in [5.41, 5.74) is 11.2. The second-order valence-corrected chi connectivity index (χ2v) is 6.01. The number of carbonyl (C=O) groups excluding carboxylic acids is 1. The SMILES string of the molecule is NC(=O)Cc1nn(Cc2cccc(O)c2)c2c1CCc1[nH]ncc1-2. The Morgan fingerprint density at radius 2 is 2.25 bits per heavy atom. The van der Waals surface area contributed by atoms with Crippen LogP contribution < -0.4 is 5.73 Å². The van der Waals surface area contributed by atoms with E-state index < -0.39 is 5.91 Å². The molecule has 4 N–H and O–H groups in total. The molecule has 0 unspecified atom stereocenters. The van der Waals surface area contributed by atoms with Crippen LogP contribution in [0.25, 0.3) is 11.3 Å². The van der Waals surface area contributed by atoms with Gasteiger partial charge in [0.15, 0.2) is 0 Å². The molecule has 3 aromatic rings. The standard InChI is InChI=1S/C17H17N5O2/c18-16(24)7-15-12-4-5-14-13(8-19-20-14)17(12)22(21-15)9-10-2-1-3-11(23)6-10/h1-3,6,8,23H,4-5,7,9H2,(H2,18,24)(H,19,20). The van der Waals surface area contributed by atoms with E-state index in [0.29, 0.717) is 6.54 Å². The highest BCUT2D eigenvalue weighted by molar-refractivity contribution is 5.78. The first-order valence-electron chi connectivity index (χ1n) is 7.79. The Morgan fingerprint density at radius 3 is 3.04 bits per heavy atom. The smallest absolute Gasteiger partial charge is 0.223 e. The molecule has 2 aromatic heterocycles. The van der Waals surface area contributed by atoms with Crippen LogP contribution in [0.3, 0.4) is 0 Å². The summed E-state index contributed by atoms with van der Waals surface area (Å²) >= 11 is 0. The molecule has 0 fully saturated rings. The number of carbonyl (C=O) groups is 1. The molecule has 2 heterocycles. The lowest BCUT2D eigenvalue weighted by Gasteiger charge is -2.15. The molecule has 0 atom stereocenters. The van der Waals surface area contributed by atoms with Gasteiger partial charge in [0.05, 0.1) is 30.6 Å². The molecule has 7 heteroatoms. The number of nitrogens with two attached hydrogens (primary N) is 1. The van der Waals surface area contributed by atoms with Gasteiger partial charge in [-0.3, -0.25) is 14.6 Å². The third-order valence-electron chi connectivity index (χ3n) is 4.32. The van der Waals surface area contributed by atoms with Crippen molar-refractivity contribution >= 4 is 5.91 Å². The molecule has 7 nitrogen and oxygen atoms in total. The van der Waals surface area contributed by atoms with Crippen LogP contribution in [-0.4, -0.2) is 31.0 Å². The summed E-state index contributed by atoms with van der Waals surface area (Å²) in [4.78, 5) is 11.4. The zero-order chi connectivity index (χ0) is 16.7. The summed E-state index contributed by atoms with van der Waals surface area (Å²) in [6.45, 7) is 0.500. The highest BCUT2D eigenvalue weighted by atomic mass is 16.3. The number of aromatic hydroxyl groups is 1. The maximum atomic E-state index is 11.4. The minimum atomic E-state index is -0.391. The molecule has 0 saturated carbocycles. The molecule has 0 bridgehead atoms. The first kappa shape index (κ1) is 14.5. The van der Waals surface area contributed by atoms with E-state index in [2.05, 4.69) is 15.3 Å². The van der Waals surface area contributed by atoms with E-state index in [0.717, 1.165) is 46.6 Å². The maximum Gasteiger partial charge on any atom is 0.223 e. The van der Waals surface area contributed by atoms with Crippen molar-refractivity contribution in [2.75, 3.05) is 0 Å². The van der Waals surface area contributed by atoms with E-state index in [-0.39, 0.29) is 12.2 Å². The summed E-state index contributed by atoms with van der Waals surface area (Å²) < 4.78 is 1.87. The molecule has 24 heavy (non-hydrogen) atoms. The van der Waals surface area contributed by atoms with Crippen molar-refractivity contribution in [3.63, 3.8) is 0 Å². The summed E-state index contributed by atoms with van der Waals surface area (Å²) in [5.74, 6) is -0.173. The number of rotatable bonds is 4. The molecular formula is C17H17N5O2. The van der Waals surface area contributed by atoms with Gasteiger partial charge < -0.3 is 10.8 Å². The van der Waals surface area contributed by atoms with Crippen LogP contribution in [0.1, 0.15) is 22.5 Å². The number of hydrogen-bond acceptors (Lipinski definition) is 4. The number of benzene rings is 1. The second-order valence-electron chi connectivity index (χ2n) is 6.01. The van der Waals surface area contributed by atoms with Crippen LogP contribution in [0.5, 0.6) is 5.75 Å². The summed E-state index contributed by atoms with van der Waals surface area (Å²) in [5, 5.41) is 21.5. The predicted molar refractivity (Wildman–Crippen MR) is 87.3 cm³/mol. The summed E-state index contributed by atoms with van der Waals surface area (Å²) in [6.07, 6.45) is 3.56. The first-order valence-corrected chi connectivity index (χ1v) is 7.79. The van der Waals surface area contributed by atoms with E-state index >= 15 is 0 Å². The van der Waals surface area contributed by atoms with E-state index in [4.69, 9.17) is 5.73 Å². The molecule has 1 aromatic carbocycles. The number of phenolic OH excluding ortho intramolecular Hbond substituents is 1. The third-order valence-corrected chi connectivity index (χ3v) is 4.32. The van der Waals surface area contributed by atoms with Gasteiger partial charge in [0.1, 0.15) is 5.75 Å². The predicted octanol–water partition coefficient (Wildman–Crippen LogP) is 1.15. The Balaban J connectivity index is 1.82. The van der Waals surface area contributed by atoms with Crippen molar-refractivity contribution in [2.24, 2.45) is 5.73 Å². The van der Waals surface area contributed by atoms with Gasteiger partial charge in [-0.2, -0.15) is 10.2 Å². The molecule has 1 aliphatic rings. The fraction of sp³-hybridized carbons (Fsp3) is 0.235. The number of hydrogen-bond donors (Lipinski definition) is 3. The number of primary amides is 1. The lowest BCUT2D eigenvalue weighted by atomic mass is 9.93. The van der Waals surface area contributed by atoms with Gasteiger partial charge in [0, 0.05) is 16.8 Å². The summed E-state index contributed by atoms with van der Waals surface area (Å²) in [6, 6.07) is 7.07. The van der Waals surface area contributed by atoms with Gasteiger partial charge in [-0.15, -0.1) is 0 Å². The van der Waals surface area contributed by atoms with Crippen molar-refractivity contribution in [3.8, 4) is 17.0 Å². The zero-order valence-electron chi connectivity index (χ0n) is 13.0. The normalized spacial score (nSPS) is 12.7. The minimum absolute atomic E-state index is 0.128. The quantitative estimate of drug-likeness (QED) is 0.669. The monoisotopic (exact) mass is 323 g/mol. The lowest BCUT2D eigenvalue weighted by molar-refractivity contribution is -0.117. The number of fused-ring (bicyclic) bond motifs is 3. The highest BCUT2D eigenvalue weighted by Gasteiger charge is 2.27. The van der Waals surface area contributed by atoms with Crippen molar-refractivity contribution in [1.82, 2.24) is 20.0 Å². The van der Waals surface area contributed by atoms with Crippen molar-refractivity contribution in [2.45, 2.75) is 25.8 Å². The molecule has 4 rings (SSSR count). The average Bonchev–Trinajstić information content (AvgIpc) is 3.12. The van der Waals surface area contributed by atoms with Crippen molar-refractivity contribution < 1.29 is 9.90 Å². The zero-order valence-corrected chi connectivity index (χ0v) is 13.0. The summed E-state index contributed by atoms with van der Waals surface area (Å²) in [7, 11) is 0. The Morgan fingerprint density at radius 1 is 1.38 bits per heavy atom. The van der Waals surface area contributed by atoms with Gasteiger partial charge in [-0.25, -0.2) is 0 Å². The van der Waals surface area contributed by atoms with Gasteiger partial charge in [0.2, 0.25) is 5.91 Å². The topological polar surface area (TPSA) is 110 Å². The van der Waals surface area contributed by atoms with Gasteiger partial charge in [-0.1, -0.05) is 12.1 Å². The molecule has 0 spiro atoms. The minimum Gasteiger partial charge on any atom is -0.508 e. The van der Waals surface area contributed by atoms with Crippen LogP contribution >= 0.6 is 0 Å². The Kier molecular flexibility index (Phi) is 3.34. The molecule has 0 saturated heterocycles. The van der Waals surface area contributed by atoms with E-state index in [1.165, 1.54) is 0 Å². The fourth-order valence-electron chi connectivity index (χ4n) is 3.32. The van der Waals surface area contributed by atoms with Crippen LogP contribution in [0.15, 0.2) is 30.5 Å². The van der Waals surface area contributed by atoms with Crippen molar-refractivity contribution in [3.05, 3.63) is 53.0 Å². The Hall–Kier alpha value is -3.09. The molecule has 1 amide bonds. The lowest BCUT2D eigenvalue weighted by Crippen LogP contribution is -2.15. The van der Waals surface area contributed by atoms with Gasteiger partial charge >= 0.3 is 0 Å². The molecular weight excluding hydrogens is 306 g/mol.